The lowest BCUT2D eigenvalue weighted by Crippen LogP contribution is -2.49. The molecule has 2 amide bonds. The molecular weight excluding hydrogens is 439 g/mol. The van der Waals surface area contributed by atoms with Crippen LogP contribution in [0.5, 0.6) is 0 Å². The second-order valence-corrected chi connectivity index (χ2v) is 7.00. The Balaban J connectivity index is 2.01. The van der Waals surface area contributed by atoms with Gasteiger partial charge in [-0.15, -0.1) is 0 Å². The number of benzene rings is 2. The summed E-state index contributed by atoms with van der Waals surface area (Å²) >= 11 is 0. The Morgan fingerprint density at radius 3 is 2.38 bits per heavy atom. The summed E-state index contributed by atoms with van der Waals surface area (Å²) in [7, 11) is 0. The van der Waals surface area contributed by atoms with Gasteiger partial charge in [0.05, 0.1) is 12.0 Å². The number of carbonyl (C=O) groups is 2. The Kier molecular flexibility index (Phi) is 6.64. The lowest BCUT2D eigenvalue weighted by molar-refractivity contribution is -0.163. The average Bonchev–Trinajstić information content (AvgIpc) is 3.06. The maximum atomic E-state index is 13.9. The summed E-state index contributed by atoms with van der Waals surface area (Å²) in [5.74, 6) is -7.02. The van der Waals surface area contributed by atoms with E-state index in [1.165, 1.54) is 0 Å². The Morgan fingerprint density at radius 2 is 1.81 bits per heavy atom. The van der Waals surface area contributed by atoms with Gasteiger partial charge in [0.25, 0.3) is 0 Å². The molecule has 3 rings (SSSR count). The van der Waals surface area contributed by atoms with Gasteiger partial charge in [-0.2, -0.15) is 13.2 Å². The van der Waals surface area contributed by atoms with E-state index in [-0.39, 0.29) is 13.0 Å². The first-order valence-corrected chi connectivity index (χ1v) is 9.22. The van der Waals surface area contributed by atoms with E-state index in [4.69, 9.17) is 10.3 Å². The molecule has 12 heteroatoms. The number of halogens is 5. The lowest BCUT2D eigenvalue weighted by Gasteiger charge is -2.29. The van der Waals surface area contributed by atoms with Crippen molar-refractivity contribution in [1.29, 1.82) is 0 Å². The Hall–Kier alpha value is -3.66. The van der Waals surface area contributed by atoms with Crippen LogP contribution in [0.25, 0.3) is 10.4 Å². The van der Waals surface area contributed by atoms with E-state index in [0.29, 0.717) is 28.7 Å². The molecule has 1 saturated heterocycles. The van der Waals surface area contributed by atoms with Gasteiger partial charge < -0.3 is 4.74 Å². The monoisotopic (exact) mass is 454 g/mol. The summed E-state index contributed by atoms with van der Waals surface area (Å²) < 4.78 is 73.8. The van der Waals surface area contributed by atoms with Crippen molar-refractivity contribution in [3.8, 4) is 0 Å². The van der Waals surface area contributed by atoms with Gasteiger partial charge in [0.15, 0.2) is 0 Å². The summed E-state index contributed by atoms with van der Waals surface area (Å²) in [6, 6.07) is 6.12. The van der Waals surface area contributed by atoms with Crippen molar-refractivity contribution in [2.75, 3.05) is 6.61 Å². The maximum Gasteiger partial charge on any atom is 0.416 e. The summed E-state index contributed by atoms with van der Waals surface area (Å²) in [6.07, 6.45) is -6.37. The zero-order chi connectivity index (χ0) is 23.5. The molecular formula is C20H15F5N4O3. The highest BCUT2D eigenvalue weighted by atomic mass is 19.4. The highest BCUT2D eigenvalue weighted by molar-refractivity contribution is 5.97. The van der Waals surface area contributed by atoms with Crippen LogP contribution in [0.15, 0.2) is 53.6 Å². The number of nitrogens with zero attached hydrogens (tertiary/aromatic N) is 4. The predicted molar refractivity (Wildman–Crippen MR) is 100 cm³/mol. The highest BCUT2D eigenvalue weighted by Crippen LogP contribution is 2.40. The van der Waals surface area contributed by atoms with Crippen LogP contribution in [0.2, 0.25) is 0 Å². The van der Waals surface area contributed by atoms with Crippen LogP contribution >= 0.6 is 0 Å². The quantitative estimate of drug-likeness (QED) is 0.269. The number of amides is 2. The van der Waals surface area contributed by atoms with Crippen molar-refractivity contribution < 1.29 is 36.3 Å². The number of azide groups is 1. The third-order valence-electron chi connectivity index (χ3n) is 4.85. The second kappa shape index (κ2) is 9.23. The van der Waals surface area contributed by atoms with Crippen molar-refractivity contribution in [2.24, 2.45) is 5.11 Å². The smallest absolute Gasteiger partial charge is 0.416 e. The van der Waals surface area contributed by atoms with E-state index in [1.807, 2.05) is 0 Å². The molecule has 32 heavy (non-hydrogen) atoms. The van der Waals surface area contributed by atoms with E-state index in [0.717, 1.165) is 0 Å². The van der Waals surface area contributed by atoms with E-state index in [1.54, 1.807) is 30.3 Å². The molecule has 0 N–H and O–H groups in total. The molecule has 0 saturated carbocycles. The van der Waals surface area contributed by atoms with E-state index in [9.17, 15) is 31.5 Å². The number of cyclic esters (lactones) is 1. The first-order chi connectivity index (χ1) is 15.1. The van der Waals surface area contributed by atoms with Crippen LogP contribution < -0.4 is 0 Å². The summed E-state index contributed by atoms with van der Waals surface area (Å²) in [5, 5.41) is 2.96. The normalized spacial score (nSPS) is 18.0. The third-order valence-corrected chi connectivity index (χ3v) is 4.85. The van der Waals surface area contributed by atoms with E-state index >= 15 is 0 Å². The molecule has 3 atom stereocenters. The summed E-state index contributed by atoms with van der Waals surface area (Å²) in [5.41, 5.74) is 8.53. The molecule has 1 fully saturated rings. The average molecular weight is 454 g/mol. The van der Waals surface area contributed by atoms with E-state index in [2.05, 4.69) is 10.0 Å². The Labute approximate surface area is 178 Å². The SMILES string of the molecule is [N-]=[N+]=N[C@H](C(=O)N1C(=O)OC[C@@H]1Cc1ccccc1)[C@@H](c1cc(F)cc(F)c1)C(F)(F)F. The van der Waals surface area contributed by atoms with Gasteiger partial charge in [-0.3, -0.25) is 4.79 Å². The number of hydrogen-bond donors (Lipinski definition) is 0. The van der Waals surface area contributed by atoms with Crippen molar-refractivity contribution in [2.45, 2.75) is 30.6 Å². The number of imide groups is 1. The van der Waals surface area contributed by atoms with Crippen molar-refractivity contribution in [3.05, 3.63) is 81.7 Å². The molecule has 0 radical (unpaired) electrons. The third kappa shape index (κ3) is 4.97. The molecule has 168 valence electrons. The topological polar surface area (TPSA) is 95.4 Å². The molecule has 2 aromatic rings. The van der Waals surface area contributed by atoms with Crippen LogP contribution in [-0.4, -0.2) is 41.8 Å². The van der Waals surface area contributed by atoms with Crippen LogP contribution in [0.3, 0.4) is 0 Å². The zero-order valence-corrected chi connectivity index (χ0v) is 16.2. The summed E-state index contributed by atoms with van der Waals surface area (Å²) in [6.45, 7) is -0.284. The predicted octanol–water partition coefficient (Wildman–Crippen LogP) is 4.88. The fraction of sp³-hybridized carbons (Fsp3) is 0.300. The fourth-order valence-corrected chi connectivity index (χ4v) is 3.53. The molecule has 0 unspecified atom stereocenters. The fourth-order valence-electron chi connectivity index (χ4n) is 3.53. The first kappa shape index (κ1) is 23.0. The standard InChI is InChI=1S/C20H15F5N4O3/c21-13-7-12(8-14(22)9-13)16(20(23,24)25)17(27-28-26)18(30)29-15(10-32-19(29)31)6-11-4-2-1-3-5-11/h1-5,7-9,15-17H,6,10H2/t15-,16+,17-/m0/s1. The Bertz CT molecular complexity index is 1040. The number of rotatable bonds is 6. The first-order valence-electron chi connectivity index (χ1n) is 9.22. The molecule has 2 aromatic carbocycles. The van der Waals surface area contributed by atoms with Gasteiger partial charge in [-0.25, -0.2) is 18.5 Å². The van der Waals surface area contributed by atoms with Gasteiger partial charge in [0.1, 0.15) is 24.3 Å². The van der Waals surface area contributed by atoms with Gasteiger partial charge in [-0.1, -0.05) is 35.4 Å². The lowest BCUT2D eigenvalue weighted by atomic mass is 9.89. The molecule has 1 aliphatic heterocycles. The number of alkyl halides is 3. The molecule has 0 aromatic heterocycles. The minimum absolute atomic E-state index is 0.0760. The summed E-state index contributed by atoms with van der Waals surface area (Å²) in [4.78, 5) is 28.0. The number of ether oxygens (including phenoxy) is 1. The molecule has 0 aliphatic carbocycles. The molecule has 0 bridgehead atoms. The van der Waals surface area contributed by atoms with E-state index < -0.39 is 53.4 Å². The minimum atomic E-state index is -5.24. The Morgan fingerprint density at radius 1 is 1.19 bits per heavy atom. The zero-order valence-electron chi connectivity index (χ0n) is 16.2. The van der Waals surface area contributed by atoms with Crippen molar-refractivity contribution >= 4 is 12.0 Å². The largest absolute Gasteiger partial charge is 0.447 e. The van der Waals surface area contributed by atoms with Gasteiger partial charge in [0.2, 0.25) is 5.91 Å². The molecule has 7 nitrogen and oxygen atoms in total. The molecule has 1 heterocycles. The van der Waals surface area contributed by atoms with Gasteiger partial charge in [-0.05, 0) is 35.2 Å². The minimum Gasteiger partial charge on any atom is -0.447 e. The van der Waals surface area contributed by atoms with Gasteiger partial charge in [0, 0.05) is 11.0 Å². The molecule has 0 spiro atoms. The van der Waals surface area contributed by atoms with Crippen LogP contribution in [0.4, 0.5) is 26.7 Å². The van der Waals surface area contributed by atoms with Crippen LogP contribution in [-0.2, 0) is 16.0 Å². The maximum absolute atomic E-state index is 13.9. The van der Waals surface area contributed by atoms with Crippen molar-refractivity contribution in [1.82, 2.24) is 4.90 Å². The van der Waals surface area contributed by atoms with Crippen LogP contribution in [0, 0.1) is 11.6 Å². The molecule has 1 aliphatic rings. The second-order valence-electron chi connectivity index (χ2n) is 7.00. The van der Waals surface area contributed by atoms with Gasteiger partial charge >= 0.3 is 12.3 Å². The highest BCUT2D eigenvalue weighted by Gasteiger charge is 2.52. The number of carbonyl (C=O) groups excluding carboxylic acids is 2. The van der Waals surface area contributed by atoms with Crippen molar-refractivity contribution in [3.63, 3.8) is 0 Å². The van der Waals surface area contributed by atoms with Crippen LogP contribution in [0.1, 0.15) is 17.0 Å². The number of hydrogen-bond acceptors (Lipinski definition) is 4.